The van der Waals surface area contributed by atoms with Crippen LogP contribution in [0.25, 0.3) is 11.0 Å². The molecule has 4 rings (SSSR count). The zero-order valence-electron chi connectivity index (χ0n) is 15.4. The molecule has 5 nitrogen and oxygen atoms in total. The molecule has 144 valence electrons. The van der Waals surface area contributed by atoms with E-state index in [1.54, 1.807) is 12.1 Å². The van der Waals surface area contributed by atoms with Gasteiger partial charge in [-0.3, -0.25) is 9.47 Å². The van der Waals surface area contributed by atoms with E-state index in [-0.39, 0.29) is 17.5 Å². The molecule has 0 amide bonds. The number of piperidine rings is 1. The number of fused-ring (bicyclic) bond motifs is 1. The third-order valence-corrected chi connectivity index (χ3v) is 5.27. The van der Waals surface area contributed by atoms with Crippen molar-refractivity contribution >= 4 is 11.0 Å². The van der Waals surface area contributed by atoms with Crippen LogP contribution in [-0.4, -0.2) is 39.2 Å². The highest BCUT2D eigenvalue weighted by Crippen LogP contribution is 2.24. The Labute approximate surface area is 162 Å². The van der Waals surface area contributed by atoms with Crippen LogP contribution in [0, 0.1) is 17.7 Å². The molecule has 3 aromatic rings. The first-order chi connectivity index (χ1) is 13.6. The van der Waals surface area contributed by atoms with Gasteiger partial charge in [0.2, 0.25) is 0 Å². The number of aliphatic hydroxyl groups is 1. The number of aromatic amines is 1. The first kappa shape index (κ1) is 18.5. The number of aromatic nitrogens is 2. The Kier molecular flexibility index (Phi) is 5.29. The maximum Gasteiger partial charge on any atom is 0.326 e. The van der Waals surface area contributed by atoms with Crippen LogP contribution in [0.5, 0.6) is 0 Å². The molecule has 0 spiro atoms. The van der Waals surface area contributed by atoms with Crippen molar-refractivity contribution in [3.8, 4) is 11.8 Å². The van der Waals surface area contributed by atoms with E-state index in [0.717, 1.165) is 37.0 Å². The fourth-order valence-electron chi connectivity index (χ4n) is 3.75. The van der Waals surface area contributed by atoms with E-state index in [1.807, 2.05) is 28.8 Å². The molecule has 2 heterocycles. The molecule has 0 radical (unpaired) electrons. The van der Waals surface area contributed by atoms with Crippen LogP contribution in [0.4, 0.5) is 4.39 Å². The van der Waals surface area contributed by atoms with Crippen LogP contribution in [0.15, 0.2) is 53.3 Å². The van der Waals surface area contributed by atoms with Crippen molar-refractivity contribution in [2.75, 3.05) is 19.6 Å². The number of aliphatic hydroxyl groups excluding tert-OH is 1. The molecule has 1 aliphatic rings. The van der Waals surface area contributed by atoms with Gasteiger partial charge in [-0.1, -0.05) is 36.1 Å². The third-order valence-electron chi connectivity index (χ3n) is 5.27. The minimum Gasteiger partial charge on any atom is -0.376 e. The fourth-order valence-corrected chi connectivity index (χ4v) is 3.75. The average Bonchev–Trinajstić information content (AvgIpc) is 3.05. The summed E-state index contributed by atoms with van der Waals surface area (Å²) >= 11 is 0. The van der Waals surface area contributed by atoms with Gasteiger partial charge in [-0.2, -0.15) is 0 Å². The second-order valence-corrected chi connectivity index (χ2v) is 7.10. The second kappa shape index (κ2) is 8.01. The van der Waals surface area contributed by atoms with Gasteiger partial charge in [0, 0.05) is 19.1 Å². The number of likely N-dealkylation sites (tertiary alicyclic amines) is 1. The molecule has 0 bridgehead atoms. The lowest BCUT2D eigenvalue weighted by Crippen LogP contribution is -2.37. The molecule has 1 saturated heterocycles. The van der Waals surface area contributed by atoms with E-state index >= 15 is 0 Å². The van der Waals surface area contributed by atoms with Crippen LogP contribution in [0.3, 0.4) is 0 Å². The number of hydrogen-bond donors (Lipinski definition) is 2. The highest BCUT2D eigenvalue weighted by atomic mass is 19.1. The number of H-pyrrole nitrogens is 1. The van der Waals surface area contributed by atoms with Crippen LogP contribution in [0.1, 0.15) is 30.6 Å². The van der Waals surface area contributed by atoms with Crippen LogP contribution < -0.4 is 5.69 Å². The number of imidazole rings is 1. The molecule has 2 N–H and O–H groups in total. The monoisotopic (exact) mass is 379 g/mol. The molecule has 1 unspecified atom stereocenters. The summed E-state index contributed by atoms with van der Waals surface area (Å²) in [5.74, 6) is 5.50. The third kappa shape index (κ3) is 3.86. The Hall–Kier alpha value is -2.88. The molecule has 1 fully saturated rings. The maximum atomic E-state index is 12.9. The molecule has 1 aromatic heterocycles. The lowest BCUT2D eigenvalue weighted by Gasteiger charge is -2.31. The lowest BCUT2D eigenvalue weighted by molar-refractivity contribution is 0.205. The predicted octanol–water partition coefficient (Wildman–Crippen LogP) is 2.84. The summed E-state index contributed by atoms with van der Waals surface area (Å²) in [4.78, 5) is 17.5. The Bertz CT molecular complexity index is 1070. The summed E-state index contributed by atoms with van der Waals surface area (Å²) in [6.07, 6.45) is 0.844. The number of nitrogens with zero attached hydrogens (tertiary/aromatic N) is 2. The standard InChI is InChI=1S/C22H22FN3O2/c23-17-9-7-16(8-10-17)21(27)6-3-13-25-14-11-18(12-15-25)26-20-5-2-1-4-19(20)24-22(26)28/h1-2,4-5,7-10,18,21,27H,11-15H2,(H,24,28). The van der Waals surface area contributed by atoms with Gasteiger partial charge in [-0.05, 0) is 42.7 Å². The normalized spacial score (nSPS) is 16.6. The molecule has 6 heteroatoms. The summed E-state index contributed by atoms with van der Waals surface area (Å²) in [6.45, 7) is 2.25. The second-order valence-electron chi connectivity index (χ2n) is 7.10. The number of para-hydroxylation sites is 2. The molecule has 1 aliphatic heterocycles. The molecule has 0 saturated carbocycles. The van der Waals surface area contributed by atoms with Crippen molar-refractivity contribution < 1.29 is 9.50 Å². The van der Waals surface area contributed by atoms with E-state index < -0.39 is 6.10 Å². The number of rotatable bonds is 3. The largest absolute Gasteiger partial charge is 0.376 e. The van der Waals surface area contributed by atoms with E-state index in [1.165, 1.54) is 12.1 Å². The number of benzene rings is 2. The Morgan fingerprint density at radius 1 is 1.14 bits per heavy atom. The first-order valence-corrected chi connectivity index (χ1v) is 9.45. The maximum absolute atomic E-state index is 12.9. The van der Waals surface area contributed by atoms with Crippen molar-refractivity contribution in [3.05, 3.63) is 70.4 Å². The van der Waals surface area contributed by atoms with E-state index in [2.05, 4.69) is 21.7 Å². The minimum absolute atomic E-state index is 0.0538. The van der Waals surface area contributed by atoms with Gasteiger partial charge in [-0.25, -0.2) is 9.18 Å². The van der Waals surface area contributed by atoms with Gasteiger partial charge >= 0.3 is 5.69 Å². The van der Waals surface area contributed by atoms with Crippen LogP contribution >= 0.6 is 0 Å². The van der Waals surface area contributed by atoms with Crippen molar-refractivity contribution in [1.29, 1.82) is 0 Å². The van der Waals surface area contributed by atoms with E-state index in [9.17, 15) is 14.3 Å². The SMILES string of the molecule is O=c1[nH]c2ccccc2n1C1CCN(CC#CC(O)c2ccc(F)cc2)CC1. The van der Waals surface area contributed by atoms with E-state index in [4.69, 9.17) is 0 Å². The molecule has 0 aliphatic carbocycles. The average molecular weight is 379 g/mol. The Morgan fingerprint density at radius 3 is 2.61 bits per heavy atom. The van der Waals surface area contributed by atoms with Gasteiger partial charge in [0.25, 0.3) is 0 Å². The Balaban J connectivity index is 1.35. The van der Waals surface area contributed by atoms with Crippen molar-refractivity contribution in [2.45, 2.75) is 25.0 Å². The highest BCUT2D eigenvalue weighted by molar-refractivity contribution is 5.75. The molecule has 1 atom stereocenters. The summed E-state index contributed by atoms with van der Waals surface area (Å²) in [5, 5.41) is 10.1. The van der Waals surface area contributed by atoms with Gasteiger partial charge in [0.15, 0.2) is 0 Å². The van der Waals surface area contributed by atoms with Crippen LogP contribution in [-0.2, 0) is 0 Å². The van der Waals surface area contributed by atoms with Crippen LogP contribution in [0.2, 0.25) is 0 Å². The van der Waals surface area contributed by atoms with Gasteiger partial charge in [0.05, 0.1) is 17.6 Å². The fraction of sp³-hybridized carbons (Fsp3) is 0.318. The summed E-state index contributed by atoms with van der Waals surface area (Å²) in [7, 11) is 0. The van der Waals surface area contributed by atoms with Gasteiger partial charge in [-0.15, -0.1) is 0 Å². The van der Waals surface area contributed by atoms with Gasteiger partial charge in [0.1, 0.15) is 11.9 Å². The topological polar surface area (TPSA) is 61.3 Å². The quantitative estimate of drug-likeness (QED) is 0.688. The first-order valence-electron chi connectivity index (χ1n) is 9.45. The molecule has 2 aromatic carbocycles. The lowest BCUT2D eigenvalue weighted by atomic mass is 10.0. The predicted molar refractivity (Wildman–Crippen MR) is 106 cm³/mol. The minimum atomic E-state index is -0.914. The molecule has 28 heavy (non-hydrogen) atoms. The highest BCUT2D eigenvalue weighted by Gasteiger charge is 2.23. The summed E-state index contributed by atoms with van der Waals surface area (Å²) in [6, 6.07) is 13.7. The van der Waals surface area contributed by atoms with Crippen molar-refractivity contribution in [1.82, 2.24) is 14.5 Å². The summed E-state index contributed by atoms with van der Waals surface area (Å²) in [5.41, 5.74) is 2.36. The molecular formula is C22H22FN3O2. The Morgan fingerprint density at radius 2 is 1.86 bits per heavy atom. The smallest absolute Gasteiger partial charge is 0.326 e. The zero-order chi connectivity index (χ0) is 19.5. The number of halogens is 1. The number of hydrogen-bond acceptors (Lipinski definition) is 3. The number of nitrogens with one attached hydrogen (secondary N) is 1. The van der Waals surface area contributed by atoms with Crippen molar-refractivity contribution in [3.63, 3.8) is 0 Å². The van der Waals surface area contributed by atoms with Crippen molar-refractivity contribution in [2.24, 2.45) is 0 Å². The zero-order valence-corrected chi connectivity index (χ0v) is 15.4. The van der Waals surface area contributed by atoms with Gasteiger partial charge < -0.3 is 10.1 Å². The molecular weight excluding hydrogens is 357 g/mol. The van der Waals surface area contributed by atoms with E-state index in [0.29, 0.717) is 12.1 Å². The summed E-state index contributed by atoms with van der Waals surface area (Å²) < 4.78 is 14.8.